The molecule has 1 aromatic carbocycles. The highest BCUT2D eigenvalue weighted by molar-refractivity contribution is 5.82. The lowest BCUT2D eigenvalue weighted by Crippen LogP contribution is -2.50. The van der Waals surface area contributed by atoms with Gasteiger partial charge in [-0.2, -0.15) is 0 Å². The predicted molar refractivity (Wildman–Crippen MR) is 104 cm³/mol. The number of carbonyl (C=O) groups is 1. The number of aromatic nitrogens is 2. The smallest absolute Gasteiger partial charge is 0.309 e. The summed E-state index contributed by atoms with van der Waals surface area (Å²) in [5.41, 5.74) is 7.94. The van der Waals surface area contributed by atoms with E-state index in [-0.39, 0.29) is 17.0 Å². The quantitative estimate of drug-likeness (QED) is 0.867. The van der Waals surface area contributed by atoms with Gasteiger partial charge in [-0.05, 0) is 69.6 Å². The molecule has 6 nitrogen and oxygen atoms in total. The first-order chi connectivity index (χ1) is 12.7. The van der Waals surface area contributed by atoms with Crippen LogP contribution in [-0.4, -0.2) is 20.6 Å². The Hall–Kier alpha value is -2.21. The molecule has 27 heavy (non-hydrogen) atoms. The maximum atomic E-state index is 13.1. The number of nitrogens with zero attached hydrogens (tertiary/aromatic N) is 2. The van der Waals surface area contributed by atoms with Crippen molar-refractivity contribution < 1.29 is 9.90 Å². The number of hydrogen-bond acceptors (Lipinski definition) is 4. The molecular formula is C21H27N3O3. The first-order valence-corrected chi connectivity index (χ1v) is 9.70. The fraction of sp³-hybridized carbons (Fsp3) is 0.571. The molecule has 2 aromatic rings. The number of nitrogens with two attached hydrogens (primary N) is 1. The van der Waals surface area contributed by atoms with Crippen molar-refractivity contribution >= 4 is 16.9 Å². The molecule has 3 N–H and O–H groups in total. The highest BCUT2D eigenvalue weighted by atomic mass is 16.4. The van der Waals surface area contributed by atoms with E-state index in [0.29, 0.717) is 30.2 Å². The minimum Gasteiger partial charge on any atom is -0.481 e. The van der Waals surface area contributed by atoms with Gasteiger partial charge in [-0.25, -0.2) is 4.98 Å². The van der Waals surface area contributed by atoms with E-state index in [1.54, 1.807) is 11.6 Å². The Morgan fingerprint density at radius 1 is 1.22 bits per heavy atom. The SMILES string of the molecule is Cc1cc([C@@H](C)N)c2nc(C34CCC(C(=O)O)(CC3)CC4)n(C)c(=O)c2c1. The van der Waals surface area contributed by atoms with E-state index in [9.17, 15) is 14.7 Å². The van der Waals surface area contributed by atoms with Crippen LogP contribution in [0.15, 0.2) is 16.9 Å². The monoisotopic (exact) mass is 369 g/mol. The van der Waals surface area contributed by atoms with Gasteiger partial charge in [0.2, 0.25) is 0 Å². The molecule has 3 aliphatic rings. The molecule has 3 saturated carbocycles. The van der Waals surface area contributed by atoms with E-state index < -0.39 is 11.4 Å². The maximum Gasteiger partial charge on any atom is 0.309 e. The average Bonchev–Trinajstić information content (AvgIpc) is 2.65. The number of fused-ring (bicyclic) bond motifs is 4. The van der Waals surface area contributed by atoms with Crippen LogP contribution in [0.5, 0.6) is 0 Å². The molecule has 0 radical (unpaired) electrons. The minimum atomic E-state index is -0.675. The van der Waals surface area contributed by atoms with Crippen LogP contribution in [-0.2, 0) is 17.3 Å². The van der Waals surface area contributed by atoms with Crippen molar-refractivity contribution in [2.24, 2.45) is 18.2 Å². The Labute approximate surface area is 158 Å². The Morgan fingerprint density at radius 3 is 2.33 bits per heavy atom. The number of benzene rings is 1. The largest absolute Gasteiger partial charge is 0.481 e. The molecule has 0 aliphatic heterocycles. The number of carboxylic acids is 1. The maximum absolute atomic E-state index is 13.1. The number of aryl methyl sites for hydroxylation is 1. The molecule has 1 aromatic heterocycles. The molecule has 2 bridgehead atoms. The molecule has 1 atom stereocenters. The summed E-state index contributed by atoms with van der Waals surface area (Å²) in [5, 5.41) is 10.3. The summed E-state index contributed by atoms with van der Waals surface area (Å²) in [6.07, 6.45) is 4.28. The van der Waals surface area contributed by atoms with E-state index >= 15 is 0 Å². The summed E-state index contributed by atoms with van der Waals surface area (Å²) in [5.74, 6) is 0.121. The second kappa shape index (κ2) is 5.89. The Bertz CT molecular complexity index is 981. The van der Waals surface area contributed by atoms with Gasteiger partial charge in [-0.3, -0.25) is 14.2 Å². The summed E-state index contributed by atoms with van der Waals surface area (Å²) in [4.78, 5) is 29.9. The molecule has 5 rings (SSSR count). The third kappa shape index (κ3) is 2.53. The van der Waals surface area contributed by atoms with Crippen LogP contribution in [0.4, 0.5) is 0 Å². The molecule has 0 saturated heterocycles. The molecule has 6 heteroatoms. The van der Waals surface area contributed by atoms with Crippen molar-refractivity contribution in [3.8, 4) is 0 Å². The summed E-state index contributed by atoms with van der Waals surface area (Å²) >= 11 is 0. The lowest BCUT2D eigenvalue weighted by molar-refractivity contribution is -0.156. The topological polar surface area (TPSA) is 98.2 Å². The zero-order valence-electron chi connectivity index (χ0n) is 16.2. The van der Waals surface area contributed by atoms with Gasteiger partial charge >= 0.3 is 5.97 Å². The van der Waals surface area contributed by atoms with E-state index in [0.717, 1.165) is 36.2 Å². The van der Waals surface area contributed by atoms with Crippen molar-refractivity contribution in [3.63, 3.8) is 0 Å². The van der Waals surface area contributed by atoms with Crippen LogP contribution >= 0.6 is 0 Å². The van der Waals surface area contributed by atoms with Crippen molar-refractivity contribution in [3.05, 3.63) is 39.4 Å². The third-order valence-electron chi connectivity index (χ3n) is 7.02. The van der Waals surface area contributed by atoms with E-state index in [4.69, 9.17) is 10.7 Å². The molecule has 0 amide bonds. The van der Waals surface area contributed by atoms with Gasteiger partial charge in [-0.1, -0.05) is 6.07 Å². The third-order valence-corrected chi connectivity index (χ3v) is 7.02. The highest BCUT2D eigenvalue weighted by Gasteiger charge is 2.54. The Kier molecular flexibility index (Phi) is 3.97. The lowest BCUT2D eigenvalue weighted by Gasteiger charge is -2.51. The van der Waals surface area contributed by atoms with Crippen LogP contribution in [0, 0.1) is 12.3 Å². The van der Waals surface area contributed by atoms with Crippen molar-refractivity contribution in [2.75, 3.05) is 0 Å². The van der Waals surface area contributed by atoms with Gasteiger partial charge in [0.1, 0.15) is 5.82 Å². The standard InChI is InChI=1S/C21H27N3O3/c1-12-10-14(13(2)22)16-15(11-12)17(25)24(3)18(23-16)20-4-7-21(8-5-20,9-6-20)19(26)27/h10-11,13H,4-9,22H2,1-3H3,(H,26,27)/t13-,20?,21?/m1/s1. The molecule has 144 valence electrons. The van der Waals surface area contributed by atoms with Crippen LogP contribution in [0.1, 0.15) is 68.4 Å². The number of aliphatic carboxylic acids is 1. The summed E-state index contributed by atoms with van der Waals surface area (Å²) in [6, 6.07) is 3.68. The molecule has 0 unspecified atom stereocenters. The molecule has 3 fully saturated rings. The van der Waals surface area contributed by atoms with Gasteiger partial charge in [0.25, 0.3) is 5.56 Å². The number of hydrogen-bond donors (Lipinski definition) is 2. The fourth-order valence-electron chi connectivity index (χ4n) is 5.22. The predicted octanol–water partition coefficient (Wildman–Crippen LogP) is 2.94. The summed E-state index contributed by atoms with van der Waals surface area (Å²) < 4.78 is 1.69. The van der Waals surface area contributed by atoms with Gasteiger partial charge in [0, 0.05) is 18.5 Å². The first-order valence-electron chi connectivity index (χ1n) is 9.70. The Balaban J connectivity index is 1.90. The molecule has 3 aliphatic carbocycles. The van der Waals surface area contributed by atoms with Crippen LogP contribution in [0.3, 0.4) is 0 Å². The zero-order chi connectivity index (χ0) is 19.6. The summed E-state index contributed by atoms with van der Waals surface area (Å²) in [7, 11) is 1.79. The Morgan fingerprint density at radius 2 is 1.81 bits per heavy atom. The molecular weight excluding hydrogens is 342 g/mol. The van der Waals surface area contributed by atoms with Gasteiger partial charge < -0.3 is 10.8 Å². The number of rotatable bonds is 3. The van der Waals surface area contributed by atoms with E-state index in [2.05, 4.69) is 0 Å². The van der Waals surface area contributed by atoms with Crippen LogP contribution < -0.4 is 11.3 Å². The average molecular weight is 369 g/mol. The number of carboxylic acid groups (broad SMARTS) is 1. The minimum absolute atomic E-state index is 0.0457. The second-order valence-electron chi connectivity index (χ2n) is 8.70. The van der Waals surface area contributed by atoms with E-state index in [1.807, 2.05) is 26.0 Å². The van der Waals surface area contributed by atoms with Crippen molar-refractivity contribution in [1.82, 2.24) is 9.55 Å². The van der Waals surface area contributed by atoms with Crippen LogP contribution in [0.25, 0.3) is 10.9 Å². The lowest BCUT2D eigenvalue weighted by atomic mass is 9.53. The van der Waals surface area contributed by atoms with Crippen LogP contribution in [0.2, 0.25) is 0 Å². The highest BCUT2D eigenvalue weighted by Crippen LogP contribution is 2.57. The van der Waals surface area contributed by atoms with Crippen molar-refractivity contribution in [2.45, 2.75) is 63.8 Å². The summed E-state index contributed by atoms with van der Waals surface area (Å²) in [6.45, 7) is 3.87. The van der Waals surface area contributed by atoms with Gasteiger partial charge in [0.05, 0.1) is 16.3 Å². The molecule has 1 heterocycles. The fourth-order valence-corrected chi connectivity index (χ4v) is 5.22. The normalized spacial score (nSPS) is 28.4. The molecule has 0 spiro atoms. The van der Waals surface area contributed by atoms with Crippen molar-refractivity contribution in [1.29, 1.82) is 0 Å². The zero-order valence-corrected chi connectivity index (χ0v) is 16.2. The van der Waals surface area contributed by atoms with E-state index in [1.165, 1.54) is 0 Å². The van der Waals surface area contributed by atoms with Gasteiger partial charge in [-0.15, -0.1) is 0 Å². The first kappa shape index (κ1) is 18.2. The van der Waals surface area contributed by atoms with Gasteiger partial charge in [0.15, 0.2) is 0 Å². The second-order valence-corrected chi connectivity index (χ2v) is 8.70.